The second kappa shape index (κ2) is 16.5. The lowest BCUT2D eigenvalue weighted by Crippen LogP contribution is -2.39. The van der Waals surface area contributed by atoms with E-state index < -0.39 is 12.2 Å². The van der Waals surface area contributed by atoms with Crippen LogP contribution in [-0.2, 0) is 11.3 Å². The van der Waals surface area contributed by atoms with E-state index in [1.165, 1.54) is 12.1 Å². The van der Waals surface area contributed by atoms with E-state index >= 15 is 0 Å². The number of aromatic nitrogens is 2. The molecule has 3 heterocycles. The summed E-state index contributed by atoms with van der Waals surface area (Å²) in [6.07, 6.45) is 1.73. The standard InChI is InChI=1S/C42H43N5O8/c1-54-38-23-35-27(22-28(38)24-43-25-37(50)32-10-12-36(49)41-33(32)11-13-39(51)45-41)14-21-47(35)40(52)17-20-46-18-15-30(16-19-46)55-42(53)44-34-5-3-2-4-31(34)26-6-8-29(48)9-7-26/h2-14,21-23,30,37,43,48-50H,15-20,24-25H2,1H3,(H,44,53)(H,45,51)/t37-/m0/s1. The normalized spacial score (nSPS) is 14.2. The number of aromatic hydroxyl groups is 2. The number of fused-ring (bicyclic) bond motifs is 2. The predicted molar refractivity (Wildman–Crippen MR) is 210 cm³/mol. The highest BCUT2D eigenvalue weighted by Crippen LogP contribution is 2.31. The predicted octanol–water partition coefficient (Wildman–Crippen LogP) is 6.14. The van der Waals surface area contributed by atoms with Crippen molar-refractivity contribution in [1.29, 1.82) is 0 Å². The van der Waals surface area contributed by atoms with Crippen LogP contribution in [0.5, 0.6) is 17.2 Å². The maximum Gasteiger partial charge on any atom is 0.411 e. The van der Waals surface area contributed by atoms with E-state index in [4.69, 9.17) is 9.47 Å². The lowest BCUT2D eigenvalue weighted by molar-refractivity contribution is 0.0573. The number of carbonyl (C=O) groups excluding carboxylic acids is 2. The van der Waals surface area contributed by atoms with Crippen LogP contribution in [0.4, 0.5) is 10.5 Å². The van der Waals surface area contributed by atoms with Gasteiger partial charge in [0.05, 0.1) is 29.9 Å². The number of H-pyrrole nitrogens is 1. The maximum absolute atomic E-state index is 13.4. The van der Waals surface area contributed by atoms with Crippen molar-refractivity contribution < 1.29 is 34.4 Å². The molecule has 13 heteroatoms. The molecule has 1 amide bonds. The van der Waals surface area contributed by atoms with Gasteiger partial charge in [0, 0.05) is 79.4 Å². The number of anilines is 1. The zero-order valence-electron chi connectivity index (χ0n) is 30.3. The van der Waals surface area contributed by atoms with Crippen molar-refractivity contribution in [3.8, 4) is 28.4 Å². The molecule has 0 spiro atoms. The molecule has 4 aromatic carbocycles. The molecule has 6 aromatic rings. The van der Waals surface area contributed by atoms with E-state index in [-0.39, 0.29) is 41.1 Å². The molecule has 1 fully saturated rings. The van der Waals surface area contributed by atoms with Crippen molar-refractivity contribution in [1.82, 2.24) is 19.8 Å². The number of nitrogens with one attached hydrogen (secondary N) is 3. The molecule has 7 rings (SSSR count). The lowest BCUT2D eigenvalue weighted by atomic mass is 10.0. The average molecular weight is 746 g/mol. The number of pyridine rings is 1. The average Bonchev–Trinajstić information content (AvgIpc) is 3.61. The summed E-state index contributed by atoms with van der Waals surface area (Å²) < 4.78 is 13.1. The van der Waals surface area contributed by atoms with E-state index in [1.807, 2.05) is 42.5 Å². The van der Waals surface area contributed by atoms with Gasteiger partial charge in [-0.2, -0.15) is 0 Å². The third kappa shape index (κ3) is 8.49. The summed E-state index contributed by atoms with van der Waals surface area (Å²) in [5.74, 6) is 0.659. The molecule has 1 aliphatic heterocycles. The summed E-state index contributed by atoms with van der Waals surface area (Å²) in [5, 5.41) is 38.4. The fourth-order valence-corrected chi connectivity index (χ4v) is 7.16. The van der Waals surface area contributed by atoms with Gasteiger partial charge in [-0.05, 0) is 66.4 Å². The summed E-state index contributed by atoms with van der Waals surface area (Å²) >= 11 is 0. The Morgan fingerprint density at radius 3 is 2.53 bits per heavy atom. The molecular weight excluding hydrogens is 702 g/mol. The summed E-state index contributed by atoms with van der Waals surface area (Å²) in [4.78, 5) is 42.8. The van der Waals surface area contributed by atoms with Crippen LogP contribution in [0.1, 0.15) is 41.3 Å². The molecule has 0 aliphatic carbocycles. The number of benzene rings is 4. The molecule has 13 nitrogen and oxygen atoms in total. The van der Waals surface area contributed by atoms with Gasteiger partial charge >= 0.3 is 6.09 Å². The van der Waals surface area contributed by atoms with Gasteiger partial charge in [-0.3, -0.25) is 19.5 Å². The molecule has 1 saturated heterocycles. The molecule has 2 aromatic heterocycles. The van der Waals surface area contributed by atoms with Gasteiger partial charge in [0.25, 0.3) is 0 Å². The van der Waals surface area contributed by atoms with Crippen LogP contribution in [0, 0.1) is 0 Å². The van der Waals surface area contributed by atoms with E-state index in [0.717, 1.165) is 27.6 Å². The SMILES string of the molecule is COc1cc2c(ccn2C(=O)CCN2CCC(OC(=O)Nc3ccccc3-c3ccc(O)cc3)CC2)cc1CNC[C@H](O)c1ccc(O)c2[nH]c(=O)ccc12. The number of aromatic amines is 1. The van der Waals surface area contributed by atoms with Gasteiger partial charge in [0.15, 0.2) is 0 Å². The first-order valence-corrected chi connectivity index (χ1v) is 18.2. The van der Waals surface area contributed by atoms with Crippen LogP contribution in [0.15, 0.2) is 102 Å². The van der Waals surface area contributed by atoms with Gasteiger partial charge < -0.3 is 40.0 Å². The quantitative estimate of drug-likeness (QED) is 0.0853. The van der Waals surface area contributed by atoms with Crippen molar-refractivity contribution in [2.75, 3.05) is 38.6 Å². The zero-order chi connectivity index (χ0) is 38.5. The number of carbonyl (C=O) groups is 2. The molecule has 0 bridgehead atoms. The Kier molecular flexibility index (Phi) is 11.1. The second-order valence-corrected chi connectivity index (χ2v) is 13.6. The highest BCUT2D eigenvalue weighted by Gasteiger charge is 2.24. The van der Waals surface area contributed by atoms with E-state index in [9.17, 15) is 29.7 Å². The fourth-order valence-electron chi connectivity index (χ4n) is 7.16. The summed E-state index contributed by atoms with van der Waals surface area (Å²) in [6.45, 7) is 2.56. The maximum atomic E-state index is 13.4. The summed E-state index contributed by atoms with van der Waals surface area (Å²) in [6, 6.07) is 25.9. The fraction of sp³-hybridized carbons (Fsp3) is 0.262. The van der Waals surface area contributed by atoms with Gasteiger partial charge in [-0.1, -0.05) is 36.4 Å². The Morgan fingerprint density at radius 1 is 0.964 bits per heavy atom. The largest absolute Gasteiger partial charge is 0.508 e. The summed E-state index contributed by atoms with van der Waals surface area (Å²) in [7, 11) is 1.58. The molecule has 0 radical (unpaired) electrons. The van der Waals surface area contributed by atoms with Crippen molar-refractivity contribution >= 4 is 39.5 Å². The minimum absolute atomic E-state index is 0.0430. The molecule has 284 valence electrons. The van der Waals surface area contributed by atoms with E-state index in [1.54, 1.807) is 54.3 Å². The number of rotatable bonds is 12. The number of piperidine rings is 1. The lowest BCUT2D eigenvalue weighted by Gasteiger charge is -2.31. The summed E-state index contributed by atoms with van der Waals surface area (Å²) in [5.41, 5.74) is 4.39. The number of methoxy groups -OCH3 is 1. The molecule has 1 aliphatic rings. The van der Waals surface area contributed by atoms with Gasteiger partial charge in [-0.15, -0.1) is 0 Å². The number of hydrogen-bond donors (Lipinski definition) is 6. The number of ether oxygens (including phenoxy) is 2. The highest BCUT2D eigenvalue weighted by molar-refractivity contribution is 5.94. The Hall–Kier alpha value is -6.15. The van der Waals surface area contributed by atoms with Crippen molar-refractivity contribution in [2.24, 2.45) is 0 Å². The van der Waals surface area contributed by atoms with E-state index in [0.29, 0.717) is 67.8 Å². The van der Waals surface area contributed by atoms with Crippen LogP contribution in [0.25, 0.3) is 32.9 Å². The third-order valence-electron chi connectivity index (χ3n) is 10.1. The van der Waals surface area contributed by atoms with Crippen LogP contribution >= 0.6 is 0 Å². The molecule has 1 atom stereocenters. The van der Waals surface area contributed by atoms with E-state index in [2.05, 4.69) is 20.5 Å². The highest BCUT2D eigenvalue weighted by atomic mass is 16.6. The topological polar surface area (TPSA) is 178 Å². The molecule has 55 heavy (non-hydrogen) atoms. The number of likely N-dealkylation sites (tertiary alicyclic amines) is 1. The monoisotopic (exact) mass is 745 g/mol. The smallest absolute Gasteiger partial charge is 0.411 e. The van der Waals surface area contributed by atoms with Gasteiger partial charge in [0.1, 0.15) is 23.4 Å². The Morgan fingerprint density at radius 2 is 1.75 bits per heavy atom. The number of phenols is 2. The second-order valence-electron chi connectivity index (χ2n) is 13.6. The minimum atomic E-state index is -0.910. The third-order valence-corrected chi connectivity index (χ3v) is 10.1. The molecule has 0 unspecified atom stereocenters. The number of phenolic OH excluding ortho intramolecular Hbond substituents is 2. The Balaban J connectivity index is 0.895. The number of aliphatic hydroxyl groups excluding tert-OH is 1. The Bertz CT molecular complexity index is 2380. The van der Waals surface area contributed by atoms with Crippen molar-refractivity contribution in [2.45, 2.75) is 38.0 Å². The van der Waals surface area contributed by atoms with Gasteiger partial charge in [0.2, 0.25) is 11.5 Å². The molecule has 0 saturated carbocycles. The number of hydrogen-bond acceptors (Lipinski definition) is 10. The number of aliphatic hydroxyl groups is 1. The van der Waals surface area contributed by atoms with Crippen LogP contribution in [0.3, 0.4) is 0 Å². The van der Waals surface area contributed by atoms with Crippen molar-refractivity contribution in [3.63, 3.8) is 0 Å². The van der Waals surface area contributed by atoms with Gasteiger partial charge in [-0.25, -0.2) is 4.79 Å². The van der Waals surface area contributed by atoms with Crippen LogP contribution in [0.2, 0.25) is 0 Å². The number of nitrogens with zero attached hydrogens (tertiary/aromatic N) is 2. The zero-order valence-corrected chi connectivity index (χ0v) is 30.3. The molecular formula is C42H43N5O8. The van der Waals surface area contributed by atoms with Crippen LogP contribution in [-0.4, -0.2) is 81.2 Å². The first-order chi connectivity index (χ1) is 26.7. The number of para-hydroxylation sites is 1. The van der Waals surface area contributed by atoms with Crippen LogP contribution < -0.4 is 20.9 Å². The first-order valence-electron chi connectivity index (χ1n) is 18.2. The first kappa shape index (κ1) is 37.2. The Labute approximate surface area is 316 Å². The number of amides is 1. The molecule has 6 N–H and O–H groups in total. The van der Waals surface area contributed by atoms with Crippen molar-refractivity contribution in [3.05, 3.63) is 119 Å². The minimum Gasteiger partial charge on any atom is -0.508 e.